The van der Waals surface area contributed by atoms with Crippen molar-refractivity contribution in [2.45, 2.75) is 18.9 Å². The Hall–Kier alpha value is -1.80. The van der Waals surface area contributed by atoms with Crippen LogP contribution in [0.25, 0.3) is 0 Å². The van der Waals surface area contributed by atoms with Gasteiger partial charge in [0.05, 0.1) is 5.41 Å². The number of Topliss-reactive ketones (excluding diaryl/α,β-unsaturated/α-hetero) is 1. The second-order valence-corrected chi connectivity index (χ2v) is 5.96. The topological polar surface area (TPSA) is 26.3 Å². The predicted octanol–water partition coefficient (Wildman–Crippen LogP) is 4.44. The third kappa shape index (κ3) is 1.61. The van der Waals surface area contributed by atoms with Crippen LogP contribution in [0.1, 0.15) is 34.9 Å². The zero-order valence-electron chi connectivity index (χ0n) is 10.8. The summed E-state index contributed by atoms with van der Waals surface area (Å²) in [5.74, 6) is 1.00. The Balaban J connectivity index is 1.74. The van der Waals surface area contributed by atoms with Crippen molar-refractivity contribution in [3.05, 3.63) is 64.7 Å². The van der Waals surface area contributed by atoms with Crippen LogP contribution < -0.4 is 4.74 Å². The first-order chi connectivity index (χ1) is 9.71. The molecule has 2 aliphatic rings. The molecule has 0 radical (unpaired) electrons. The van der Waals surface area contributed by atoms with E-state index in [-0.39, 0.29) is 17.3 Å². The van der Waals surface area contributed by atoms with Crippen molar-refractivity contribution in [1.29, 1.82) is 0 Å². The summed E-state index contributed by atoms with van der Waals surface area (Å²) in [4.78, 5) is 12.5. The highest BCUT2D eigenvalue weighted by Crippen LogP contribution is 2.62. The van der Waals surface area contributed by atoms with E-state index in [1.807, 2.05) is 36.4 Å². The zero-order chi connectivity index (χ0) is 13.7. The van der Waals surface area contributed by atoms with Crippen LogP contribution in [-0.2, 0) is 0 Å². The van der Waals surface area contributed by atoms with E-state index in [4.69, 9.17) is 16.3 Å². The number of carbonyl (C=O) groups excluding carboxylic acids is 1. The maximum atomic E-state index is 12.5. The minimum Gasteiger partial charge on any atom is -0.485 e. The minimum atomic E-state index is -0.316. The summed E-state index contributed by atoms with van der Waals surface area (Å²) >= 11 is 5.89. The minimum absolute atomic E-state index is 0.160. The lowest BCUT2D eigenvalue weighted by Crippen LogP contribution is -2.19. The van der Waals surface area contributed by atoms with Gasteiger partial charge in [-0.15, -0.1) is 0 Å². The van der Waals surface area contributed by atoms with Gasteiger partial charge in [-0.05, 0) is 37.1 Å². The van der Waals surface area contributed by atoms with Crippen LogP contribution in [0.5, 0.6) is 5.75 Å². The van der Waals surface area contributed by atoms with Crippen LogP contribution in [0.15, 0.2) is 48.5 Å². The number of benzene rings is 2. The first-order valence-electron chi connectivity index (χ1n) is 6.77. The maximum Gasteiger partial charge on any atom is 0.173 e. The largest absolute Gasteiger partial charge is 0.485 e. The van der Waals surface area contributed by atoms with Crippen LogP contribution >= 0.6 is 11.6 Å². The molecule has 0 aliphatic heterocycles. The second-order valence-electron chi connectivity index (χ2n) is 5.52. The molecule has 1 unspecified atom stereocenters. The molecule has 100 valence electrons. The first-order valence-corrected chi connectivity index (χ1v) is 7.14. The fourth-order valence-corrected chi connectivity index (χ4v) is 3.19. The van der Waals surface area contributed by atoms with Crippen molar-refractivity contribution < 1.29 is 9.53 Å². The number of rotatable bonds is 2. The molecule has 20 heavy (non-hydrogen) atoms. The Morgan fingerprint density at radius 1 is 1.05 bits per heavy atom. The Morgan fingerprint density at radius 3 is 2.45 bits per heavy atom. The summed E-state index contributed by atoms with van der Waals surface area (Å²) in [6, 6.07) is 15.1. The average Bonchev–Trinajstić information content (AvgIpc) is 3.23. The highest BCUT2D eigenvalue weighted by Gasteiger charge is 2.62. The number of ether oxygens (including phenoxy) is 1. The van der Waals surface area contributed by atoms with Crippen molar-refractivity contribution in [3.8, 4) is 5.75 Å². The lowest BCUT2D eigenvalue weighted by molar-refractivity contribution is 0.0758. The summed E-state index contributed by atoms with van der Waals surface area (Å²) in [5.41, 5.74) is 1.53. The Morgan fingerprint density at radius 2 is 1.75 bits per heavy atom. The van der Waals surface area contributed by atoms with Crippen molar-refractivity contribution in [2.75, 3.05) is 0 Å². The second kappa shape index (κ2) is 4.10. The number of halogens is 1. The molecule has 1 fully saturated rings. The monoisotopic (exact) mass is 284 g/mol. The molecular formula is C17H13ClO2. The Bertz CT molecular complexity index is 686. The molecule has 0 aromatic heterocycles. The molecule has 2 aromatic rings. The summed E-state index contributed by atoms with van der Waals surface area (Å²) in [6.45, 7) is 0. The van der Waals surface area contributed by atoms with Crippen molar-refractivity contribution >= 4 is 17.4 Å². The van der Waals surface area contributed by atoms with Gasteiger partial charge in [0.25, 0.3) is 0 Å². The van der Waals surface area contributed by atoms with Crippen LogP contribution in [0.3, 0.4) is 0 Å². The van der Waals surface area contributed by atoms with Crippen LogP contribution in [0.4, 0.5) is 0 Å². The number of hydrogen-bond donors (Lipinski definition) is 0. The summed E-state index contributed by atoms with van der Waals surface area (Å²) in [5, 5.41) is 0.682. The van der Waals surface area contributed by atoms with Gasteiger partial charge in [0.1, 0.15) is 11.9 Å². The Kier molecular flexibility index (Phi) is 2.45. The molecule has 0 N–H and O–H groups in total. The van der Waals surface area contributed by atoms with E-state index in [0.29, 0.717) is 5.02 Å². The van der Waals surface area contributed by atoms with Crippen molar-refractivity contribution in [1.82, 2.24) is 0 Å². The Labute approximate surface area is 122 Å². The number of hydrogen-bond acceptors (Lipinski definition) is 2. The van der Waals surface area contributed by atoms with Crippen LogP contribution in [0, 0.1) is 5.41 Å². The van der Waals surface area contributed by atoms with Gasteiger partial charge in [-0.3, -0.25) is 4.79 Å². The molecule has 0 amide bonds. The molecule has 2 aromatic carbocycles. The SMILES string of the molecule is O=C1c2ccccc2C(Oc2ccc(Cl)cc2)C12CC2. The summed E-state index contributed by atoms with van der Waals surface area (Å²) in [6.07, 6.45) is 1.67. The van der Waals surface area contributed by atoms with E-state index in [1.165, 1.54) is 0 Å². The average molecular weight is 285 g/mol. The van der Waals surface area contributed by atoms with Crippen LogP contribution in [0.2, 0.25) is 5.02 Å². The molecule has 2 aliphatic carbocycles. The molecule has 1 atom stereocenters. The summed E-state index contributed by atoms with van der Waals surface area (Å²) < 4.78 is 6.13. The molecule has 0 heterocycles. The van der Waals surface area contributed by atoms with E-state index < -0.39 is 0 Å². The lowest BCUT2D eigenvalue weighted by Gasteiger charge is -2.20. The van der Waals surface area contributed by atoms with Crippen molar-refractivity contribution in [3.63, 3.8) is 0 Å². The highest BCUT2D eigenvalue weighted by atomic mass is 35.5. The van der Waals surface area contributed by atoms with E-state index in [2.05, 4.69) is 0 Å². The van der Waals surface area contributed by atoms with Gasteiger partial charge < -0.3 is 4.74 Å². The molecule has 4 rings (SSSR count). The molecule has 1 spiro atoms. The third-order valence-electron chi connectivity index (χ3n) is 4.30. The highest BCUT2D eigenvalue weighted by molar-refractivity contribution is 6.30. The van der Waals surface area contributed by atoms with E-state index in [9.17, 15) is 4.79 Å². The van der Waals surface area contributed by atoms with E-state index in [1.54, 1.807) is 12.1 Å². The van der Waals surface area contributed by atoms with Gasteiger partial charge in [-0.2, -0.15) is 0 Å². The quantitative estimate of drug-likeness (QED) is 0.815. The number of carbonyl (C=O) groups is 1. The molecule has 1 saturated carbocycles. The molecular weight excluding hydrogens is 272 g/mol. The third-order valence-corrected chi connectivity index (χ3v) is 4.55. The van der Waals surface area contributed by atoms with Gasteiger partial charge in [-0.1, -0.05) is 35.9 Å². The van der Waals surface area contributed by atoms with Gasteiger partial charge in [0.2, 0.25) is 0 Å². The summed E-state index contributed by atoms with van der Waals surface area (Å²) in [7, 11) is 0. The zero-order valence-corrected chi connectivity index (χ0v) is 11.6. The fraction of sp³-hybridized carbons (Fsp3) is 0.235. The molecule has 0 bridgehead atoms. The van der Waals surface area contributed by atoms with Crippen molar-refractivity contribution in [2.24, 2.45) is 5.41 Å². The van der Waals surface area contributed by atoms with Gasteiger partial charge in [0.15, 0.2) is 5.78 Å². The fourth-order valence-electron chi connectivity index (χ4n) is 3.07. The standard InChI is InChI=1S/C17H13ClO2/c18-11-5-7-12(8-6-11)20-16-14-4-2-1-3-13(14)15(19)17(16)9-10-17/h1-8,16H,9-10H2. The molecule has 3 heteroatoms. The normalized spacial score (nSPS) is 21.9. The smallest absolute Gasteiger partial charge is 0.173 e. The van der Waals surface area contributed by atoms with Crippen LogP contribution in [-0.4, -0.2) is 5.78 Å². The number of ketones is 1. The van der Waals surface area contributed by atoms with Gasteiger partial charge in [-0.25, -0.2) is 0 Å². The maximum absolute atomic E-state index is 12.5. The van der Waals surface area contributed by atoms with Gasteiger partial charge >= 0.3 is 0 Å². The number of fused-ring (bicyclic) bond motifs is 1. The molecule has 2 nitrogen and oxygen atoms in total. The predicted molar refractivity (Wildman–Crippen MR) is 77.3 cm³/mol. The van der Waals surface area contributed by atoms with Gasteiger partial charge in [0, 0.05) is 16.1 Å². The lowest BCUT2D eigenvalue weighted by atomic mass is 9.99. The van der Waals surface area contributed by atoms with E-state index in [0.717, 1.165) is 29.7 Å². The first kappa shape index (κ1) is 12.0. The molecule has 0 saturated heterocycles. The van der Waals surface area contributed by atoms with E-state index >= 15 is 0 Å².